The van der Waals surface area contributed by atoms with E-state index in [0.717, 1.165) is 25.7 Å². The topological polar surface area (TPSA) is 0 Å². The van der Waals surface area contributed by atoms with Gasteiger partial charge in [-0.2, -0.15) is 0 Å². The zero-order valence-electron chi connectivity index (χ0n) is 11.4. The Balaban J connectivity index is 2.22. The number of thiophene rings is 2. The van der Waals surface area contributed by atoms with Gasteiger partial charge in [-0.1, -0.05) is 11.6 Å². The minimum Gasteiger partial charge on any atom is -0.143 e. The van der Waals surface area contributed by atoms with Crippen LogP contribution in [-0.4, -0.2) is 0 Å². The fourth-order valence-corrected chi connectivity index (χ4v) is 4.21. The largest absolute Gasteiger partial charge is 0.143 e. The highest BCUT2D eigenvalue weighted by atomic mass is 32.1. The van der Waals surface area contributed by atoms with Crippen LogP contribution in [0, 0.1) is 0 Å². The van der Waals surface area contributed by atoms with Crippen molar-refractivity contribution < 1.29 is 0 Å². The molecule has 0 nitrogen and oxygen atoms in total. The third-order valence-electron chi connectivity index (χ3n) is 3.14. The molecule has 2 aromatic rings. The molecule has 0 aromatic carbocycles. The van der Waals surface area contributed by atoms with Crippen LogP contribution in [0.5, 0.6) is 0 Å². The molecule has 2 aromatic heterocycles. The lowest BCUT2D eigenvalue weighted by atomic mass is 10.0. The van der Waals surface area contributed by atoms with E-state index in [4.69, 9.17) is 0 Å². The standard InChI is InChI=1S/C17H20S2/c1-4-5-6-14-9-11-18-16(14)17-15(10-12-19-17)8-7-13(2)3/h4,9-12H,1-2,5-8H2,3H3. The molecule has 0 atom stereocenters. The molecule has 0 aliphatic heterocycles. The second kappa shape index (κ2) is 6.88. The molecule has 0 saturated heterocycles. The first kappa shape index (κ1) is 14.3. The molecule has 100 valence electrons. The zero-order valence-corrected chi connectivity index (χ0v) is 13.1. The first-order chi connectivity index (χ1) is 9.22. The van der Waals surface area contributed by atoms with Gasteiger partial charge in [0.25, 0.3) is 0 Å². The Morgan fingerprint density at radius 2 is 1.68 bits per heavy atom. The summed E-state index contributed by atoms with van der Waals surface area (Å²) >= 11 is 3.72. The lowest BCUT2D eigenvalue weighted by Gasteiger charge is -2.05. The van der Waals surface area contributed by atoms with Crippen molar-refractivity contribution in [3.8, 4) is 9.75 Å². The van der Waals surface area contributed by atoms with Gasteiger partial charge in [0.2, 0.25) is 0 Å². The molecule has 0 fully saturated rings. The molecule has 2 heteroatoms. The van der Waals surface area contributed by atoms with E-state index in [-0.39, 0.29) is 0 Å². The summed E-state index contributed by atoms with van der Waals surface area (Å²) in [5, 5.41) is 4.41. The minimum absolute atomic E-state index is 1.05. The summed E-state index contributed by atoms with van der Waals surface area (Å²) in [6.07, 6.45) is 6.33. The highest BCUT2D eigenvalue weighted by Crippen LogP contribution is 2.37. The normalized spacial score (nSPS) is 10.6. The first-order valence-electron chi connectivity index (χ1n) is 6.60. The van der Waals surface area contributed by atoms with Crippen LogP contribution in [0.2, 0.25) is 0 Å². The number of hydrogen-bond acceptors (Lipinski definition) is 2. The van der Waals surface area contributed by atoms with Gasteiger partial charge in [0.05, 0.1) is 0 Å². The van der Waals surface area contributed by atoms with Gasteiger partial charge in [0.15, 0.2) is 0 Å². The second-order valence-corrected chi connectivity index (χ2v) is 6.67. The van der Waals surface area contributed by atoms with Crippen molar-refractivity contribution in [2.24, 2.45) is 0 Å². The Morgan fingerprint density at radius 1 is 1.11 bits per heavy atom. The van der Waals surface area contributed by atoms with E-state index >= 15 is 0 Å². The van der Waals surface area contributed by atoms with Gasteiger partial charge in [-0.05, 0) is 66.6 Å². The van der Waals surface area contributed by atoms with Crippen LogP contribution in [-0.2, 0) is 12.8 Å². The summed E-state index contributed by atoms with van der Waals surface area (Å²) in [6.45, 7) is 9.92. The summed E-state index contributed by atoms with van der Waals surface area (Å²) in [6, 6.07) is 4.52. The average Bonchev–Trinajstić information content (AvgIpc) is 3.01. The van der Waals surface area contributed by atoms with Crippen LogP contribution in [0.1, 0.15) is 30.9 Å². The molecule has 0 aliphatic carbocycles. The van der Waals surface area contributed by atoms with Crippen molar-refractivity contribution in [1.82, 2.24) is 0 Å². The fraction of sp³-hybridized carbons (Fsp3) is 0.294. The van der Waals surface area contributed by atoms with Crippen LogP contribution in [0.15, 0.2) is 47.7 Å². The maximum absolute atomic E-state index is 4.00. The van der Waals surface area contributed by atoms with Crippen molar-refractivity contribution in [3.05, 3.63) is 58.8 Å². The van der Waals surface area contributed by atoms with Gasteiger partial charge in [0, 0.05) is 9.75 Å². The molecule has 0 saturated carbocycles. The molecule has 0 amide bonds. The lowest BCUT2D eigenvalue weighted by molar-refractivity contribution is 0.951. The predicted molar refractivity (Wildman–Crippen MR) is 89.3 cm³/mol. The molecular weight excluding hydrogens is 268 g/mol. The summed E-state index contributed by atoms with van der Waals surface area (Å²) in [7, 11) is 0. The van der Waals surface area contributed by atoms with Crippen molar-refractivity contribution in [2.75, 3.05) is 0 Å². The van der Waals surface area contributed by atoms with E-state index in [1.165, 1.54) is 26.5 Å². The maximum atomic E-state index is 4.00. The van der Waals surface area contributed by atoms with Crippen molar-refractivity contribution >= 4 is 22.7 Å². The molecule has 19 heavy (non-hydrogen) atoms. The van der Waals surface area contributed by atoms with Gasteiger partial charge in [-0.15, -0.1) is 35.8 Å². The Hall–Kier alpha value is -1.12. The second-order valence-electron chi connectivity index (χ2n) is 4.83. The van der Waals surface area contributed by atoms with Gasteiger partial charge < -0.3 is 0 Å². The van der Waals surface area contributed by atoms with Crippen LogP contribution < -0.4 is 0 Å². The Kier molecular flexibility index (Phi) is 5.17. The van der Waals surface area contributed by atoms with Crippen LogP contribution in [0.25, 0.3) is 9.75 Å². The lowest BCUT2D eigenvalue weighted by Crippen LogP contribution is -1.88. The van der Waals surface area contributed by atoms with Gasteiger partial charge in [-0.3, -0.25) is 0 Å². The van der Waals surface area contributed by atoms with E-state index in [1.807, 2.05) is 28.7 Å². The Labute approximate surface area is 124 Å². The summed E-state index contributed by atoms with van der Waals surface area (Å²) < 4.78 is 0. The molecule has 0 aliphatic rings. The average molecular weight is 288 g/mol. The Morgan fingerprint density at radius 3 is 2.21 bits per heavy atom. The van der Waals surface area contributed by atoms with Crippen LogP contribution >= 0.6 is 22.7 Å². The van der Waals surface area contributed by atoms with E-state index in [9.17, 15) is 0 Å². The number of aryl methyl sites for hydroxylation is 2. The van der Waals surface area contributed by atoms with E-state index in [1.54, 1.807) is 0 Å². The molecule has 0 unspecified atom stereocenters. The smallest absolute Gasteiger partial charge is 0.0477 e. The Bertz CT molecular complexity index is 557. The van der Waals surface area contributed by atoms with Crippen LogP contribution in [0.4, 0.5) is 0 Å². The molecule has 0 N–H and O–H groups in total. The summed E-state index contributed by atoms with van der Waals surface area (Å²) in [4.78, 5) is 2.91. The molecule has 2 heterocycles. The maximum Gasteiger partial charge on any atom is 0.0477 e. The minimum atomic E-state index is 1.05. The molecule has 2 rings (SSSR count). The quantitative estimate of drug-likeness (QED) is 0.540. The highest BCUT2D eigenvalue weighted by molar-refractivity contribution is 7.20. The zero-order chi connectivity index (χ0) is 13.7. The van der Waals surface area contributed by atoms with Gasteiger partial charge in [0.1, 0.15) is 0 Å². The van der Waals surface area contributed by atoms with Crippen molar-refractivity contribution in [1.29, 1.82) is 0 Å². The predicted octanol–water partition coefficient (Wildman–Crippen LogP) is 6.10. The van der Waals surface area contributed by atoms with Crippen LogP contribution in [0.3, 0.4) is 0 Å². The van der Waals surface area contributed by atoms with E-state index in [0.29, 0.717) is 0 Å². The molecular formula is C17H20S2. The molecule has 0 spiro atoms. The third kappa shape index (κ3) is 3.68. The summed E-state index contributed by atoms with van der Waals surface area (Å²) in [5.41, 5.74) is 4.19. The third-order valence-corrected chi connectivity index (χ3v) is 5.22. The molecule has 0 bridgehead atoms. The monoisotopic (exact) mass is 288 g/mol. The van der Waals surface area contributed by atoms with Crippen molar-refractivity contribution in [2.45, 2.75) is 32.6 Å². The number of rotatable bonds is 7. The number of allylic oxidation sites excluding steroid dienone is 2. The molecule has 0 radical (unpaired) electrons. The number of hydrogen-bond donors (Lipinski definition) is 0. The van der Waals surface area contributed by atoms with Gasteiger partial charge in [-0.25, -0.2) is 0 Å². The first-order valence-corrected chi connectivity index (χ1v) is 8.36. The highest BCUT2D eigenvalue weighted by Gasteiger charge is 2.12. The van der Waals surface area contributed by atoms with E-state index in [2.05, 4.69) is 43.0 Å². The van der Waals surface area contributed by atoms with Gasteiger partial charge >= 0.3 is 0 Å². The summed E-state index contributed by atoms with van der Waals surface area (Å²) in [5.74, 6) is 0. The van der Waals surface area contributed by atoms with E-state index < -0.39 is 0 Å². The fourth-order valence-electron chi connectivity index (χ4n) is 2.07. The SMILES string of the molecule is C=CCCc1ccsc1-c1sccc1CCC(=C)C. The van der Waals surface area contributed by atoms with Crippen molar-refractivity contribution in [3.63, 3.8) is 0 Å².